The van der Waals surface area contributed by atoms with E-state index in [1.54, 1.807) is 0 Å². The first-order valence-corrected chi connectivity index (χ1v) is 10.3. The average molecular weight is 378 g/mol. The Morgan fingerprint density at radius 1 is 0.964 bits per heavy atom. The van der Waals surface area contributed by atoms with E-state index in [1.807, 2.05) is 48.5 Å². The van der Waals surface area contributed by atoms with Crippen LogP contribution in [0.4, 0.5) is 5.69 Å². The summed E-state index contributed by atoms with van der Waals surface area (Å²) in [7, 11) is 0. The van der Waals surface area contributed by atoms with Crippen LogP contribution in [0.25, 0.3) is 0 Å². The van der Waals surface area contributed by atoms with Gasteiger partial charge >= 0.3 is 0 Å². The minimum atomic E-state index is -0.485. The molecule has 2 aromatic rings. The van der Waals surface area contributed by atoms with Crippen molar-refractivity contribution in [2.24, 2.45) is 0 Å². The summed E-state index contributed by atoms with van der Waals surface area (Å²) in [5.74, 6) is 1.09. The molecule has 2 aromatic carbocycles. The van der Waals surface area contributed by atoms with Gasteiger partial charge in [0.1, 0.15) is 6.04 Å². The summed E-state index contributed by atoms with van der Waals surface area (Å²) in [6.07, 6.45) is 7.51. The summed E-state index contributed by atoms with van der Waals surface area (Å²) in [5.41, 5.74) is 1.80. The molecule has 0 aromatic heterocycles. The van der Waals surface area contributed by atoms with E-state index in [1.165, 1.54) is 6.42 Å². The Morgan fingerprint density at radius 2 is 1.71 bits per heavy atom. The lowest BCUT2D eigenvalue weighted by molar-refractivity contribution is -0.122. The molecular formula is C23H26N2O3. The molecule has 1 aliphatic heterocycles. The zero-order valence-electron chi connectivity index (χ0n) is 15.9. The van der Waals surface area contributed by atoms with Crippen molar-refractivity contribution < 1.29 is 14.3 Å². The number of nitrogens with one attached hydrogen (secondary N) is 2. The minimum absolute atomic E-state index is 0.00937. The molecule has 0 saturated heterocycles. The van der Waals surface area contributed by atoms with Crippen molar-refractivity contribution in [3.05, 3.63) is 54.1 Å². The Labute approximate surface area is 165 Å². The zero-order valence-corrected chi connectivity index (χ0v) is 15.9. The molecule has 1 spiro atoms. The third kappa shape index (κ3) is 3.53. The largest absolute Gasteiger partial charge is 0.448 e. The number of amides is 1. The van der Waals surface area contributed by atoms with Gasteiger partial charge in [-0.25, -0.2) is 0 Å². The van der Waals surface area contributed by atoms with Crippen LogP contribution in [0.5, 0.6) is 11.5 Å². The lowest BCUT2D eigenvalue weighted by Crippen LogP contribution is -2.40. The van der Waals surface area contributed by atoms with Gasteiger partial charge in [-0.05, 0) is 43.4 Å². The van der Waals surface area contributed by atoms with Crippen LogP contribution in [-0.2, 0) is 4.79 Å². The summed E-state index contributed by atoms with van der Waals surface area (Å²) in [4.78, 5) is 12.8. The number of carbonyl (C=O) groups excluding carboxylic acids is 1. The summed E-state index contributed by atoms with van der Waals surface area (Å²) in [6, 6.07) is 15.6. The number of ether oxygens (including phenoxy) is 2. The number of anilines is 1. The maximum Gasteiger partial charge on any atom is 0.251 e. The zero-order chi connectivity index (χ0) is 19.0. The normalized spacial score (nSPS) is 20.6. The van der Waals surface area contributed by atoms with Crippen molar-refractivity contribution in [2.45, 2.75) is 62.8 Å². The summed E-state index contributed by atoms with van der Waals surface area (Å²) in [5, 5.41) is 6.52. The van der Waals surface area contributed by atoms with Gasteiger partial charge in [-0.15, -0.1) is 0 Å². The van der Waals surface area contributed by atoms with Crippen molar-refractivity contribution in [3.8, 4) is 11.5 Å². The Kier molecular flexibility index (Phi) is 4.38. The van der Waals surface area contributed by atoms with E-state index in [2.05, 4.69) is 10.6 Å². The molecule has 146 valence electrons. The molecule has 1 heterocycles. The minimum Gasteiger partial charge on any atom is -0.448 e. The van der Waals surface area contributed by atoms with E-state index in [0.717, 1.165) is 61.3 Å². The molecule has 0 radical (unpaired) electrons. The van der Waals surface area contributed by atoms with Crippen molar-refractivity contribution in [1.29, 1.82) is 0 Å². The molecule has 2 N–H and O–H groups in total. The third-order valence-electron chi connectivity index (χ3n) is 5.78. The molecule has 2 aliphatic carbocycles. The number of rotatable bonds is 5. The van der Waals surface area contributed by atoms with Gasteiger partial charge in [0.2, 0.25) is 5.91 Å². The fraction of sp³-hybridized carbons (Fsp3) is 0.435. The van der Waals surface area contributed by atoms with Gasteiger partial charge in [0.15, 0.2) is 11.5 Å². The first-order valence-electron chi connectivity index (χ1n) is 10.3. The molecule has 5 heteroatoms. The SMILES string of the molecule is O=C(NC1CC1)C(Nc1ccc2c(c1)OC1(CCCCC1)O2)c1ccccc1. The van der Waals surface area contributed by atoms with Gasteiger partial charge in [-0.1, -0.05) is 36.8 Å². The maximum absolute atomic E-state index is 12.8. The van der Waals surface area contributed by atoms with Gasteiger partial charge in [-0.3, -0.25) is 4.79 Å². The second kappa shape index (κ2) is 7.04. The van der Waals surface area contributed by atoms with Crippen molar-refractivity contribution in [3.63, 3.8) is 0 Å². The molecule has 5 nitrogen and oxygen atoms in total. The second-order valence-corrected chi connectivity index (χ2v) is 8.11. The molecule has 0 bridgehead atoms. The fourth-order valence-corrected chi connectivity index (χ4v) is 4.10. The van der Waals surface area contributed by atoms with Crippen LogP contribution in [0.15, 0.2) is 48.5 Å². The van der Waals surface area contributed by atoms with E-state index in [4.69, 9.17) is 9.47 Å². The first-order chi connectivity index (χ1) is 13.7. The van der Waals surface area contributed by atoms with Crippen LogP contribution < -0.4 is 20.1 Å². The Balaban J connectivity index is 1.36. The number of hydrogen-bond donors (Lipinski definition) is 2. The van der Waals surface area contributed by atoms with E-state index < -0.39 is 11.8 Å². The van der Waals surface area contributed by atoms with Crippen molar-refractivity contribution in [2.75, 3.05) is 5.32 Å². The Bertz CT molecular complexity index is 857. The molecular weight excluding hydrogens is 352 g/mol. The molecule has 1 amide bonds. The molecule has 2 saturated carbocycles. The second-order valence-electron chi connectivity index (χ2n) is 8.11. The highest BCUT2D eigenvalue weighted by atomic mass is 16.7. The Morgan fingerprint density at radius 3 is 2.46 bits per heavy atom. The fourth-order valence-electron chi connectivity index (χ4n) is 4.10. The van der Waals surface area contributed by atoms with E-state index >= 15 is 0 Å². The molecule has 5 rings (SSSR count). The highest BCUT2D eigenvalue weighted by Crippen LogP contribution is 2.46. The van der Waals surface area contributed by atoms with Gasteiger partial charge in [-0.2, -0.15) is 0 Å². The molecule has 1 unspecified atom stereocenters. The monoisotopic (exact) mass is 378 g/mol. The number of benzene rings is 2. The lowest BCUT2D eigenvalue weighted by atomic mass is 9.94. The van der Waals surface area contributed by atoms with Gasteiger partial charge < -0.3 is 20.1 Å². The average Bonchev–Trinajstić information content (AvgIpc) is 3.46. The van der Waals surface area contributed by atoms with Crippen molar-refractivity contribution in [1.82, 2.24) is 5.32 Å². The predicted octanol–water partition coefficient (Wildman–Crippen LogP) is 4.55. The number of fused-ring (bicyclic) bond motifs is 1. The van der Waals surface area contributed by atoms with Crippen LogP contribution in [0.1, 0.15) is 56.6 Å². The van der Waals surface area contributed by atoms with Crippen molar-refractivity contribution >= 4 is 11.6 Å². The lowest BCUT2D eigenvalue weighted by Gasteiger charge is -2.31. The first kappa shape index (κ1) is 17.4. The van der Waals surface area contributed by atoms with Crippen LogP contribution >= 0.6 is 0 Å². The smallest absolute Gasteiger partial charge is 0.251 e. The van der Waals surface area contributed by atoms with E-state index in [0.29, 0.717) is 6.04 Å². The Hall–Kier alpha value is -2.69. The van der Waals surface area contributed by atoms with Gasteiger partial charge in [0.05, 0.1) is 0 Å². The molecule has 1 atom stereocenters. The number of hydrogen-bond acceptors (Lipinski definition) is 4. The summed E-state index contributed by atoms with van der Waals surface area (Å²) < 4.78 is 12.4. The van der Waals surface area contributed by atoms with Crippen LogP contribution in [-0.4, -0.2) is 17.7 Å². The van der Waals surface area contributed by atoms with Crippen LogP contribution in [0.3, 0.4) is 0 Å². The van der Waals surface area contributed by atoms with Gasteiger partial charge in [0.25, 0.3) is 5.79 Å². The number of carbonyl (C=O) groups is 1. The van der Waals surface area contributed by atoms with E-state index in [9.17, 15) is 4.79 Å². The molecule has 2 fully saturated rings. The summed E-state index contributed by atoms with van der Waals surface area (Å²) >= 11 is 0. The highest BCUT2D eigenvalue weighted by Gasteiger charge is 2.42. The standard InChI is InChI=1S/C23H26N2O3/c26-22(25-17-9-10-17)21(16-7-3-1-4-8-16)24-18-11-12-19-20(15-18)28-23(27-19)13-5-2-6-14-23/h1,3-4,7-8,11-12,15,17,21,24H,2,5-6,9-10,13-14H2,(H,25,26). The van der Waals surface area contributed by atoms with Gasteiger partial charge in [0, 0.05) is 30.6 Å². The highest BCUT2D eigenvalue weighted by molar-refractivity contribution is 5.86. The predicted molar refractivity (Wildman–Crippen MR) is 107 cm³/mol. The molecule has 28 heavy (non-hydrogen) atoms. The van der Waals surface area contributed by atoms with Crippen LogP contribution in [0, 0.1) is 0 Å². The quantitative estimate of drug-likeness (QED) is 0.801. The maximum atomic E-state index is 12.8. The summed E-state index contributed by atoms with van der Waals surface area (Å²) in [6.45, 7) is 0. The third-order valence-corrected chi connectivity index (χ3v) is 5.78. The van der Waals surface area contributed by atoms with E-state index in [-0.39, 0.29) is 5.91 Å². The topological polar surface area (TPSA) is 59.6 Å². The molecule has 3 aliphatic rings. The van der Waals surface area contributed by atoms with Crippen LogP contribution in [0.2, 0.25) is 0 Å².